The number of aliphatic hydroxyl groups is 1. The molecule has 11 amide bonds. The van der Waals surface area contributed by atoms with Crippen LogP contribution in [-0.2, 0) is 88.0 Å². The molecule has 19 N–H and O–H groups in total. The van der Waals surface area contributed by atoms with Crippen molar-refractivity contribution in [1.82, 2.24) is 79.0 Å². The number of carboxylic acids is 2. The summed E-state index contributed by atoms with van der Waals surface area (Å²) in [6, 6.07) is 15.3. The number of fused-ring (bicyclic) bond motifs is 1. The maximum atomic E-state index is 15.2. The third-order valence-corrected chi connectivity index (χ3v) is 18.7. The number of amides is 11. The maximum Gasteiger partial charge on any atom is 0.300 e. The van der Waals surface area contributed by atoms with Gasteiger partial charge in [-0.25, -0.2) is 0 Å². The van der Waals surface area contributed by atoms with Crippen LogP contribution < -0.4 is 74.9 Å². The van der Waals surface area contributed by atoms with Gasteiger partial charge in [0.15, 0.2) is 11.9 Å². The third kappa shape index (κ3) is 37.7. The van der Waals surface area contributed by atoms with Crippen molar-refractivity contribution in [2.45, 2.75) is 213 Å². The van der Waals surface area contributed by atoms with Crippen LogP contribution in [0.25, 0.3) is 10.8 Å². The zero-order valence-corrected chi connectivity index (χ0v) is 70.8. The van der Waals surface area contributed by atoms with Gasteiger partial charge >= 0.3 is 0 Å². The van der Waals surface area contributed by atoms with Gasteiger partial charge in [-0.05, 0) is 162 Å². The van der Waals surface area contributed by atoms with E-state index in [0.717, 1.165) is 24.6 Å². The molecule has 0 saturated carbocycles. The molecule has 120 heavy (non-hydrogen) atoms. The molecular weight excluding hydrogens is 1570 g/mol. The van der Waals surface area contributed by atoms with E-state index >= 15 is 9.59 Å². The summed E-state index contributed by atoms with van der Waals surface area (Å²) in [7, 11) is 0. The highest BCUT2D eigenvalue weighted by atomic mass is 35.5. The molecule has 0 aliphatic carbocycles. The van der Waals surface area contributed by atoms with Crippen LogP contribution in [0, 0.1) is 5.92 Å². The lowest BCUT2D eigenvalue weighted by molar-refractivity contribution is -0.142. The van der Waals surface area contributed by atoms with Gasteiger partial charge in [-0.15, -0.1) is 0 Å². The number of aromatic nitrogens is 1. The number of benzene rings is 4. The van der Waals surface area contributed by atoms with E-state index in [0.29, 0.717) is 104 Å². The average molecular weight is 1690 g/mol. The zero-order valence-electron chi connectivity index (χ0n) is 70.0. The highest BCUT2D eigenvalue weighted by Crippen LogP contribution is 2.23. The molecule has 656 valence electrons. The van der Waals surface area contributed by atoms with Gasteiger partial charge in [-0.1, -0.05) is 98.2 Å². The first-order valence-corrected chi connectivity index (χ1v) is 40.8. The number of carboxylic acid groups (broad SMARTS) is 2. The summed E-state index contributed by atoms with van der Waals surface area (Å²) in [6.07, 6.45) is 4.77. The number of primary amides is 1. The van der Waals surface area contributed by atoms with Crippen molar-refractivity contribution in [3.63, 3.8) is 0 Å². The van der Waals surface area contributed by atoms with Crippen LogP contribution in [0.1, 0.15) is 149 Å². The number of nitrogens with two attached hydrogens (primary N) is 1. The molecule has 5 aromatic rings. The largest absolute Gasteiger partial charge is 0.508 e. The molecule has 0 unspecified atom stereocenters. The number of nitrogens with one attached hydrogen (secondary N) is 13. The first kappa shape index (κ1) is 100. The Kier molecular flexibility index (Phi) is 45.3. The number of likely N-dealkylation sites (tertiary alicyclic amines) is 1. The molecule has 4 aromatic carbocycles. The fraction of sp³-hybridized carbons (Fsp3) is 0.500. The van der Waals surface area contributed by atoms with Crippen LogP contribution in [0.4, 0.5) is 0 Å². The van der Waals surface area contributed by atoms with Gasteiger partial charge in [0.2, 0.25) is 65.0 Å². The summed E-state index contributed by atoms with van der Waals surface area (Å²) in [6.45, 7) is 18.5. The SMILES string of the molecule is CC(=O)O.CC(=O)O.CCNC(=NCCCC[C@H](NC(=O)[C@H](CC(C)C)NC(=O)[C@@H](CCCCN=C(NCC)NCC)NC(=O)[C@@H](Cc1ccc(O)cc1)NC(=O)[C@H](CO)NC(=O)[C@@H](Cc1cccnc1)NC(=O)[C@@H](Cc1ccc(Cl)cc1)NC(=O)[C@@H](Cc1ccc2ccccc2c1)NC(C)=O)C(=O)N1CCC[C@H]1C(=O)N[C@H](C)C(N)=O)NCC. The van der Waals surface area contributed by atoms with Crippen LogP contribution in [0.2, 0.25) is 5.02 Å². The van der Waals surface area contributed by atoms with Gasteiger partial charge in [-0.3, -0.25) is 77.3 Å². The van der Waals surface area contributed by atoms with Crippen molar-refractivity contribution >= 4 is 111 Å². The summed E-state index contributed by atoms with van der Waals surface area (Å²) in [4.78, 5) is 190. The Labute approximate surface area is 705 Å². The van der Waals surface area contributed by atoms with E-state index in [2.05, 4.69) is 84.1 Å². The topological polar surface area (TPSA) is 526 Å². The molecule has 1 aromatic heterocycles. The van der Waals surface area contributed by atoms with Crippen LogP contribution in [-0.4, -0.2) is 232 Å². The molecular formula is C84H121ClN18O17. The van der Waals surface area contributed by atoms with E-state index < -0.39 is 144 Å². The lowest BCUT2D eigenvalue weighted by Gasteiger charge is -2.31. The van der Waals surface area contributed by atoms with Gasteiger partial charge in [-0.2, -0.15) is 0 Å². The van der Waals surface area contributed by atoms with E-state index in [1.54, 1.807) is 36.4 Å². The van der Waals surface area contributed by atoms with Crippen molar-refractivity contribution in [3.05, 3.63) is 143 Å². The molecule has 1 fully saturated rings. The number of aliphatic imine (C=N–C) groups is 2. The highest BCUT2D eigenvalue weighted by molar-refractivity contribution is 6.30. The number of aliphatic carboxylic acids is 2. The van der Waals surface area contributed by atoms with Crippen molar-refractivity contribution in [1.29, 1.82) is 0 Å². The Hall–Kier alpha value is -12.0. The number of guanidine groups is 2. The number of carbonyl (C=O) groups is 13. The van der Waals surface area contributed by atoms with E-state index in [9.17, 15) is 53.4 Å². The molecule has 10 atom stereocenters. The summed E-state index contributed by atoms with van der Waals surface area (Å²) >= 11 is 6.26. The third-order valence-electron chi connectivity index (χ3n) is 18.5. The number of nitrogens with zero attached hydrogens (tertiary/aromatic N) is 4. The molecule has 1 aliphatic rings. The van der Waals surface area contributed by atoms with Crippen molar-refractivity contribution in [3.8, 4) is 5.75 Å². The quantitative estimate of drug-likeness (QED) is 0.0151. The Bertz CT molecular complexity index is 4180. The number of phenolic OH excluding ortho intramolecular Hbond substituents is 1. The van der Waals surface area contributed by atoms with Crippen LogP contribution in [0.3, 0.4) is 0 Å². The number of aliphatic hydroxyl groups excluding tert-OH is 1. The fourth-order valence-electron chi connectivity index (χ4n) is 12.7. The number of unbranched alkanes of at least 4 members (excludes halogenated alkanes) is 2. The predicted octanol–water partition coefficient (Wildman–Crippen LogP) is 2.45. The first-order chi connectivity index (χ1) is 57.2. The number of rotatable bonds is 44. The molecule has 6 rings (SSSR count). The van der Waals surface area contributed by atoms with Gasteiger partial charge < -0.3 is 100 Å². The van der Waals surface area contributed by atoms with E-state index in [-0.39, 0.29) is 76.0 Å². The predicted molar refractivity (Wildman–Crippen MR) is 455 cm³/mol. The van der Waals surface area contributed by atoms with Crippen LogP contribution in [0.5, 0.6) is 5.75 Å². The minimum Gasteiger partial charge on any atom is -0.508 e. The number of carbonyl (C=O) groups excluding carboxylic acids is 11. The molecule has 2 heterocycles. The Morgan fingerprint density at radius 1 is 0.500 bits per heavy atom. The van der Waals surface area contributed by atoms with Gasteiger partial charge in [0, 0.05) is 110 Å². The van der Waals surface area contributed by atoms with E-state index in [1.807, 2.05) is 84.0 Å². The first-order valence-electron chi connectivity index (χ1n) is 40.4. The Morgan fingerprint density at radius 3 is 1.39 bits per heavy atom. The van der Waals surface area contributed by atoms with Gasteiger partial charge in [0.25, 0.3) is 11.9 Å². The number of hydrogen-bond acceptors (Lipinski definition) is 18. The summed E-state index contributed by atoms with van der Waals surface area (Å²) < 4.78 is 0. The Balaban J connectivity index is 0.00000361. The number of phenols is 1. The number of hydrogen-bond donors (Lipinski definition) is 18. The molecule has 0 bridgehead atoms. The second-order valence-corrected chi connectivity index (χ2v) is 29.5. The van der Waals surface area contributed by atoms with Crippen molar-refractivity contribution in [2.24, 2.45) is 21.6 Å². The highest BCUT2D eigenvalue weighted by Gasteiger charge is 2.40. The molecule has 36 heteroatoms. The normalized spacial score (nSPS) is 14.2. The summed E-state index contributed by atoms with van der Waals surface area (Å²) in [5.41, 5.74) is 7.61. The van der Waals surface area contributed by atoms with Crippen LogP contribution >= 0.6 is 11.6 Å². The fourth-order valence-corrected chi connectivity index (χ4v) is 12.8. The molecule has 35 nitrogen and oxygen atoms in total. The maximum absolute atomic E-state index is 15.2. The van der Waals surface area contributed by atoms with Crippen LogP contribution in [0.15, 0.2) is 126 Å². The average Bonchev–Trinajstić information content (AvgIpc) is 1.74. The number of aromatic hydroxyl groups is 1. The second-order valence-electron chi connectivity index (χ2n) is 29.1. The molecule has 1 aliphatic heterocycles. The lowest BCUT2D eigenvalue weighted by atomic mass is 9.99. The molecule has 0 radical (unpaired) electrons. The summed E-state index contributed by atoms with van der Waals surface area (Å²) in [5.74, 6) is -9.39. The smallest absolute Gasteiger partial charge is 0.300 e. The minimum absolute atomic E-state index is 0.0365. The zero-order chi connectivity index (χ0) is 88.8. The van der Waals surface area contributed by atoms with Crippen molar-refractivity contribution < 1.29 is 82.8 Å². The molecule has 0 spiro atoms. The van der Waals surface area contributed by atoms with Crippen molar-refractivity contribution in [2.75, 3.05) is 52.4 Å². The molecule has 1 saturated heterocycles. The Morgan fingerprint density at radius 2 is 0.917 bits per heavy atom. The summed E-state index contributed by atoms with van der Waals surface area (Å²) in [5, 5.41) is 75.8. The second kappa shape index (κ2) is 54.1. The number of halogens is 1. The monoisotopic (exact) mass is 1690 g/mol. The minimum atomic E-state index is -1.82. The van der Waals surface area contributed by atoms with E-state index in [4.69, 9.17) is 37.1 Å². The van der Waals surface area contributed by atoms with Gasteiger partial charge in [0.05, 0.1) is 6.61 Å². The standard InChI is InChI=1S/C80H113ClN18O13.2C2H4O2/c1-9-84-79(85-10-2)88-38-17-15-24-60(70(104)94-62(41-49(5)6)71(105)93-61(25-16-18-39-89-80(86-11-3)87-12-4)78(112)99-40-20-26-68(99)77(111)90-50(7)69(82)103)92-73(107)64(44-53-30-35-59(102)36-31-53)97-76(110)67(48-100)98-75(109)66(46-55-21-19-37-83-47-55)96-74(108)65(43-52-28-33-58(81)34-29-52)95-72(106)63(91-51(8)101)45-54-27-32-56-22-13-14-23-57(56)42-54;2*1-2(3)4/h13-14,19,21-23,27-37,42,47,49-50,60-68,100,102H,9-12,15-18,20,24-26,38-41,43-46,48H2,1-8H3,(H2,82,103)(H,90,111)(H,91,101)(H,92,107)(H,93,105)(H,94,104)(H,95,106)(H,96,108)(H,97,110)(H,98,109)(H2,84,85,88)(H2,86,87,89);2*1H3,(H,3,4)/t50-,60-,61+,62+,63-,64-,65-,66-,67+,68+;;/m1../s1. The van der Waals surface area contributed by atoms with E-state index in [1.165, 1.54) is 55.4 Å². The van der Waals surface area contributed by atoms with Gasteiger partial charge in [0.1, 0.15) is 66.2 Å². The number of pyridine rings is 1. The lowest BCUT2D eigenvalue weighted by Crippen LogP contribution is -2.61.